The maximum atomic E-state index is 14.2. The number of aliphatic carboxylic acids is 1. The van der Waals surface area contributed by atoms with Crippen LogP contribution in [0.15, 0.2) is 120 Å². The van der Waals surface area contributed by atoms with Gasteiger partial charge in [-0.25, -0.2) is 14.1 Å². The van der Waals surface area contributed by atoms with E-state index in [0.29, 0.717) is 21.7 Å². The molecule has 698 valence electrons. The normalized spacial score (nSPS) is 13.4. The molecule has 44 nitrogen and oxygen atoms in total. The number of nitrogens with zero attached hydrogens (tertiary/aromatic N) is 2. The van der Waals surface area contributed by atoms with Crippen molar-refractivity contribution in [3.05, 3.63) is 159 Å². The number of ether oxygens (including phenoxy) is 2. The smallest absolute Gasteiger partial charge is 0.481 e. The number of hydrogen-bond acceptors (Lipinski definition) is 27. The van der Waals surface area contributed by atoms with Crippen molar-refractivity contribution in [1.29, 1.82) is 0 Å². The van der Waals surface area contributed by atoms with Gasteiger partial charge in [-0.3, -0.25) is 96.8 Å². The summed E-state index contributed by atoms with van der Waals surface area (Å²) >= 11 is 0. The zero-order chi connectivity index (χ0) is 95.7. The number of aliphatic hydroxyl groups excluding tert-OH is 2. The van der Waals surface area contributed by atoms with Crippen LogP contribution in [0.2, 0.25) is 0 Å². The monoisotopic (exact) mass is 1880 g/mol. The molecule has 0 aliphatic carbocycles. The zero-order valence-corrected chi connectivity index (χ0v) is 74.2. The Bertz CT molecular complexity index is 4950. The first-order valence-corrected chi connectivity index (χ1v) is 45.0. The lowest BCUT2D eigenvalue weighted by molar-refractivity contribution is -0.385. The van der Waals surface area contributed by atoms with Crippen molar-refractivity contribution in [2.45, 2.75) is 153 Å². The van der Waals surface area contributed by atoms with Gasteiger partial charge in [-0.2, -0.15) is 0 Å². The molecule has 0 saturated carbocycles. The first-order chi connectivity index (χ1) is 60.8. The number of nitrogens with two attached hydrogens (primary N) is 1. The molecule has 0 fully saturated rings. The number of nitro groups is 1. The van der Waals surface area contributed by atoms with Crippen LogP contribution in [0.25, 0.3) is 0 Å². The lowest BCUT2D eigenvalue weighted by Gasteiger charge is -2.27. The van der Waals surface area contributed by atoms with Crippen molar-refractivity contribution in [2.24, 2.45) is 17.6 Å². The number of rotatable bonds is 52. The van der Waals surface area contributed by atoms with Gasteiger partial charge < -0.3 is 103 Å². The van der Waals surface area contributed by atoms with Crippen molar-refractivity contribution in [3.8, 4) is 35.2 Å². The molecule has 4 aromatic carbocycles. The van der Waals surface area contributed by atoms with Crippen LogP contribution in [0.3, 0.4) is 0 Å². The number of carboxylic acids is 1. The number of carbonyl (C=O) groups excluding carboxylic acids is 13. The Morgan fingerprint density at radius 1 is 0.512 bits per heavy atom. The maximum Gasteiger partial charge on any atom is 0.524 e. The van der Waals surface area contributed by atoms with E-state index in [0.717, 1.165) is 30.8 Å². The fraction of sp³-hybridized carbons (Fsp3) is 0.420. The minimum atomic E-state index is -4.98. The Morgan fingerprint density at radius 3 is 1.49 bits per heavy atom. The number of aromatic nitrogens is 1. The van der Waals surface area contributed by atoms with E-state index in [4.69, 9.17) is 15.2 Å². The molecule has 0 aliphatic heterocycles. The third-order valence-corrected chi connectivity index (χ3v) is 20.8. The SMILES string of the molecule is CC(=O)N[C@@H](CSSc1ccc([N+](=O)[O-])cn1)C(=O)NCCOCCOCC(=O)N[C@@H](Cc1ccc(OP(=O)(O)O)cc1)C(=O)N[C@H](C(=O)NCC(=O)N[C@@H](CC(C)C)C(=O)NCC#Cc1ccc(C(=O)NCC#Cc2ccc(C(=O)N[C@@H](Cc3ccc(OP(=O)(O)O)cc3)C(=O)N[C@@H](CCC(=O)O)C(=O)N[C@H](C(=O)N[C@@H](CC(C)C)C(N)=O)[C@@H](C)O)cc2)cc1)[C@@H](C)O. The Labute approximate surface area is 747 Å². The highest BCUT2D eigenvalue weighted by atomic mass is 33.1. The van der Waals surface area contributed by atoms with Gasteiger partial charge in [0.2, 0.25) is 65.0 Å². The van der Waals surface area contributed by atoms with Gasteiger partial charge >= 0.3 is 21.6 Å². The molecule has 0 bridgehead atoms. The molecule has 13 amide bonds. The third-order valence-electron chi connectivity index (χ3n) is 17.6. The summed E-state index contributed by atoms with van der Waals surface area (Å²) in [7, 11) is -7.63. The Morgan fingerprint density at radius 2 is 0.992 bits per heavy atom. The molecule has 10 atom stereocenters. The average Bonchev–Trinajstić information content (AvgIpc) is 0.838. The van der Waals surface area contributed by atoms with Crippen LogP contribution in [-0.4, -0.2) is 246 Å². The van der Waals surface area contributed by atoms with Crippen LogP contribution in [0.4, 0.5) is 5.69 Å². The second kappa shape index (κ2) is 54.0. The lowest BCUT2D eigenvalue weighted by atomic mass is 10.0. The summed E-state index contributed by atoms with van der Waals surface area (Å²) in [5, 5.41) is 72.1. The van der Waals surface area contributed by atoms with Gasteiger partial charge in [0.15, 0.2) is 0 Å². The van der Waals surface area contributed by atoms with Crippen LogP contribution in [0.1, 0.15) is 117 Å². The van der Waals surface area contributed by atoms with E-state index in [-0.39, 0.29) is 117 Å². The zero-order valence-electron chi connectivity index (χ0n) is 70.8. The first-order valence-electron chi connectivity index (χ1n) is 39.6. The number of pyridine rings is 1. The third kappa shape index (κ3) is 41.9. The summed E-state index contributed by atoms with van der Waals surface area (Å²) < 4.78 is 43.1. The van der Waals surface area contributed by atoms with Gasteiger partial charge in [-0.05, 0) is 146 Å². The molecule has 0 unspecified atom stereocenters. The van der Waals surface area contributed by atoms with Crippen molar-refractivity contribution in [1.82, 2.24) is 68.8 Å². The average molecular weight is 1880 g/mol. The summed E-state index contributed by atoms with van der Waals surface area (Å²) in [6.45, 7) is 8.63. The molecular weight excluding hydrogens is 1770 g/mol. The molecule has 48 heteroatoms. The highest BCUT2D eigenvalue weighted by Crippen LogP contribution is 2.39. The predicted octanol–water partition coefficient (Wildman–Crippen LogP) is -0.911. The summed E-state index contributed by atoms with van der Waals surface area (Å²) in [5.41, 5.74) is 6.92. The number of hydrogen-bond donors (Lipinski definition) is 20. The molecule has 21 N–H and O–H groups in total. The van der Waals surface area contributed by atoms with Crippen molar-refractivity contribution < 1.29 is 135 Å². The lowest BCUT2D eigenvalue weighted by Crippen LogP contribution is -2.60. The molecule has 129 heavy (non-hydrogen) atoms. The molecule has 1 aromatic heterocycles. The Balaban J connectivity index is 1.12. The summed E-state index contributed by atoms with van der Waals surface area (Å²) in [6.07, 6.45) is -3.80. The van der Waals surface area contributed by atoms with E-state index in [1.54, 1.807) is 39.8 Å². The number of nitrogens with one attached hydrogen (secondary N) is 12. The molecule has 1 heterocycles. The van der Waals surface area contributed by atoms with E-state index in [9.17, 15) is 121 Å². The van der Waals surface area contributed by atoms with Crippen molar-refractivity contribution in [3.63, 3.8) is 0 Å². The second-order valence-corrected chi connectivity index (χ2v) is 34.0. The van der Waals surface area contributed by atoms with Crippen molar-refractivity contribution in [2.75, 3.05) is 58.4 Å². The van der Waals surface area contributed by atoms with Crippen LogP contribution in [-0.2, 0) is 89.0 Å². The quantitative estimate of drug-likeness (QED) is 0.00559. The van der Waals surface area contributed by atoms with E-state index in [1.165, 1.54) is 115 Å². The number of carboxylic acid groups (broad SMARTS) is 1. The maximum absolute atomic E-state index is 14.2. The predicted molar refractivity (Wildman–Crippen MR) is 463 cm³/mol. The van der Waals surface area contributed by atoms with Gasteiger partial charge in [0, 0.05) is 66.8 Å². The fourth-order valence-corrected chi connectivity index (χ4v) is 14.2. The number of phosphoric acid groups is 2. The van der Waals surface area contributed by atoms with Gasteiger partial charge in [0.05, 0.1) is 56.6 Å². The van der Waals surface area contributed by atoms with Crippen LogP contribution in [0, 0.1) is 45.6 Å². The van der Waals surface area contributed by atoms with E-state index in [2.05, 4.69) is 102 Å². The topological polar surface area (TPSA) is 678 Å². The number of phosphoric ester groups is 2. The highest BCUT2D eigenvalue weighted by molar-refractivity contribution is 8.76. The van der Waals surface area contributed by atoms with E-state index >= 15 is 0 Å². The number of carbonyl (C=O) groups is 14. The number of primary amides is 1. The molecule has 5 aromatic rings. The Hall–Kier alpha value is -12.4. The van der Waals surface area contributed by atoms with Crippen LogP contribution >= 0.6 is 37.2 Å². The van der Waals surface area contributed by atoms with Crippen LogP contribution < -0.4 is 78.6 Å². The number of benzene rings is 4. The summed E-state index contributed by atoms with van der Waals surface area (Å²) in [5.74, 6) is -1.60. The minimum absolute atomic E-state index is 0.00161. The molecular formula is C81H103N15O29P2S2. The molecule has 0 saturated heterocycles. The highest BCUT2D eigenvalue weighted by Gasteiger charge is 2.36. The van der Waals surface area contributed by atoms with Gasteiger partial charge in [-0.1, -0.05) is 86.4 Å². The van der Waals surface area contributed by atoms with Gasteiger partial charge in [0.25, 0.3) is 17.5 Å². The fourth-order valence-electron chi connectivity index (χ4n) is 11.4. The van der Waals surface area contributed by atoms with E-state index < -0.39 is 190 Å². The Kier molecular flexibility index (Phi) is 44.9. The van der Waals surface area contributed by atoms with Crippen molar-refractivity contribution >= 4 is 126 Å². The van der Waals surface area contributed by atoms with Gasteiger partial charge in [-0.15, -0.1) is 0 Å². The standard InChI is InChI=1S/C81H103N15O29P2S2/c1-46(2)38-61(72(82)104)92-81(113)71(49(6)98)95-77(109)60(29-31-69(102)103)91-78(110)64(41-54-18-27-59(28-19-54)125-127(119,120)121)93-74(106)56-22-14-52(15-23-56)10-8-32-83-73(105)55-20-12-51(13-21-55)11-9-33-84-75(107)62(39-47(3)4)89-66(100)43-87-80(112)70(48(5)97)94-79(111)63(40-53-16-25-58(26-17-53)124-126(116,117)118)90-67(101)44-123-37-36-122-35-34-85-76(108)65(88-50(7)99)45-128-129-68-30-24-57(42-86-68)96(114)115/h12-28,30,42,46-49,60-65,70-71,97-98H,29,31-41,43-45H2,1-7H3,(H2,82,104)(H,83,105)(H,84,107)(H,85,108)(H,87,112)(H,88,99)(H,89,100)(H,90,101)(H,91,110)(H,92,113)(H,93,106)(H,94,111)(H,95,109)(H,102,103)(H2,116,117,118)(H2,119,120,121)/t48-,49-,60+,61+,62+,63+,64+,65+,70+,71+/m1/s1. The van der Waals surface area contributed by atoms with Crippen LogP contribution in [0.5, 0.6) is 11.5 Å². The number of aliphatic hydroxyl groups is 2. The largest absolute Gasteiger partial charge is 0.524 e. The molecule has 0 aliphatic rings. The number of amides is 13. The first kappa shape index (κ1) is 107. The summed E-state index contributed by atoms with van der Waals surface area (Å²) in [6, 6.07) is 12.9. The van der Waals surface area contributed by atoms with Gasteiger partial charge in [0.1, 0.15) is 77.7 Å². The summed E-state index contributed by atoms with van der Waals surface area (Å²) in [4.78, 5) is 236. The molecule has 5 rings (SSSR count). The minimum Gasteiger partial charge on any atom is -0.481 e. The van der Waals surface area contributed by atoms with E-state index in [1.807, 2.05) is 0 Å². The molecule has 0 spiro atoms. The molecule has 0 radical (unpaired) electrons. The second-order valence-electron chi connectivity index (χ2n) is 29.4.